The molecule has 0 radical (unpaired) electrons. The van der Waals surface area contributed by atoms with E-state index in [0.29, 0.717) is 5.56 Å². The van der Waals surface area contributed by atoms with Crippen molar-refractivity contribution in [2.24, 2.45) is 5.73 Å². The van der Waals surface area contributed by atoms with Gasteiger partial charge in [0.15, 0.2) is 0 Å². The Balaban J connectivity index is 2.30. The number of hydrogen-bond donors (Lipinski definition) is 2. The summed E-state index contributed by atoms with van der Waals surface area (Å²) >= 11 is 0. The molecule has 1 unspecified atom stereocenters. The summed E-state index contributed by atoms with van der Waals surface area (Å²) < 4.78 is 0. The molecule has 2 rings (SSSR count). The van der Waals surface area contributed by atoms with E-state index in [1.54, 1.807) is 6.07 Å². The lowest BCUT2D eigenvalue weighted by molar-refractivity contribution is 0.1000. The standard InChI is InChI=1S/C18H22N2O/c1-3-8-17(14-9-5-4-6-10-14)20-16-12-7-11-15(13(16)2)18(19)21/h4-7,9-12,17,20H,3,8H2,1-2H3,(H2,19,21). The molecule has 0 bridgehead atoms. The van der Waals surface area contributed by atoms with Gasteiger partial charge in [0.2, 0.25) is 5.91 Å². The van der Waals surface area contributed by atoms with E-state index in [1.165, 1.54) is 5.56 Å². The molecule has 3 N–H and O–H groups in total. The molecule has 3 heteroatoms. The third kappa shape index (κ3) is 3.63. The maximum absolute atomic E-state index is 11.4. The number of nitrogens with two attached hydrogens (primary N) is 1. The van der Waals surface area contributed by atoms with Crippen LogP contribution < -0.4 is 11.1 Å². The topological polar surface area (TPSA) is 55.1 Å². The summed E-state index contributed by atoms with van der Waals surface area (Å²) in [6, 6.07) is 16.2. The van der Waals surface area contributed by atoms with Crippen molar-refractivity contribution in [3.63, 3.8) is 0 Å². The highest BCUT2D eigenvalue weighted by molar-refractivity contribution is 5.95. The molecule has 0 spiro atoms. The first-order chi connectivity index (χ1) is 10.1. The van der Waals surface area contributed by atoms with Gasteiger partial charge in [-0.2, -0.15) is 0 Å². The van der Waals surface area contributed by atoms with E-state index in [2.05, 4.69) is 24.4 Å². The van der Waals surface area contributed by atoms with Gasteiger partial charge in [-0.15, -0.1) is 0 Å². The minimum absolute atomic E-state index is 0.234. The first kappa shape index (κ1) is 15.1. The van der Waals surface area contributed by atoms with Crippen molar-refractivity contribution in [3.05, 3.63) is 65.2 Å². The van der Waals surface area contributed by atoms with E-state index < -0.39 is 0 Å². The van der Waals surface area contributed by atoms with Gasteiger partial charge >= 0.3 is 0 Å². The Labute approximate surface area is 126 Å². The second-order valence-corrected chi connectivity index (χ2v) is 5.24. The maximum atomic E-state index is 11.4. The average molecular weight is 282 g/mol. The van der Waals surface area contributed by atoms with E-state index in [4.69, 9.17) is 5.73 Å². The third-order valence-corrected chi connectivity index (χ3v) is 3.71. The molecule has 0 aliphatic rings. The van der Waals surface area contributed by atoms with Crippen LogP contribution in [0, 0.1) is 6.92 Å². The normalized spacial score (nSPS) is 11.9. The molecule has 1 amide bonds. The zero-order valence-corrected chi connectivity index (χ0v) is 12.6. The van der Waals surface area contributed by atoms with Gasteiger partial charge in [0, 0.05) is 11.3 Å². The molecule has 2 aromatic rings. The summed E-state index contributed by atoms with van der Waals surface area (Å²) in [5, 5.41) is 3.55. The van der Waals surface area contributed by atoms with Crippen LogP contribution in [0.15, 0.2) is 48.5 Å². The number of amides is 1. The molecule has 2 aromatic carbocycles. The quantitative estimate of drug-likeness (QED) is 0.840. The van der Waals surface area contributed by atoms with Crippen molar-refractivity contribution < 1.29 is 4.79 Å². The van der Waals surface area contributed by atoms with Crippen molar-refractivity contribution in [2.75, 3.05) is 5.32 Å². The predicted molar refractivity (Wildman–Crippen MR) is 87.4 cm³/mol. The smallest absolute Gasteiger partial charge is 0.249 e. The second kappa shape index (κ2) is 6.93. The molecule has 0 aromatic heterocycles. The molecule has 1 atom stereocenters. The summed E-state index contributed by atoms with van der Waals surface area (Å²) in [6.07, 6.45) is 2.12. The van der Waals surface area contributed by atoms with Crippen LogP contribution in [0.4, 0.5) is 5.69 Å². The first-order valence-electron chi connectivity index (χ1n) is 7.34. The van der Waals surface area contributed by atoms with Crippen molar-refractivity contribution in [2.45, 2.75) is 32.7 Å². The van der Waals surface area contributed by atoms with Crippen LogP contribution in [0.1, 0.15) is 47.3 Å². The molecule has 0 heterocycles. The number of anilines is 1. The van der Waals surface area contributed by atoms with E-state index >= 15 is 0 Å². The minimum Gasteiger partial charge on any atom is -0.378 e. The minimum atomic E-state index is -0.386. The number of benzene rings is 2. The molecule has 0 fully saturated rings. The van der Waals surface area contributed by atoms with Crippen molar-refractivity contribution in [1.82, 2.24) is 0 Å². The summed E-state index contributed by atoms with van der Waals surface area (Å²) in [7, 11) is 0. The van der Waals surface area contributed by atoms with Crippen LogP contribution >= 0.6 is 0 Å². The van der Waals surface area contributed by atoms with E-state index in [-0.39, 0.29) is 11.9 Å². The fourth-order valence-corrected chi connectivity index (χ4v) is 2.54. The van der Waals surface area contributed by atoms with Crippen LogP contribution in [-0.2, 0) is 0 Å². The lowest BCUT2D eigenvalue weighted by atomic mass is 10.00. The van der Waals surface area contributed by atoms with Gasteiger partial charge in [-0.3, -0.25) is 4.79 Å². The average Bonchev–Trinajstić information content (AvgIpc) is 2.49. The SMILES string of the molecule is CCCC(Nc1cccc(C(N)=O)c1C)c1ccccc1. The summed E-state index contributed by atoms with van der Waals surface area (Å²) in [4.78, 5) is 11.4. The number of carbonyl (C=O) groups is 1. The van der Waals surface area contributed by atoms with E-state index in [1.807, 2.05) is 37.3 Å². The zero-order chi connectivity index (χ0) is 15.2. The molecular formula is C18H22N2O. The Bertz CT molecular complexity index is 608. The second-order valence-electron chi connectivity index (χ2n) is 5.24. The highest BCUT2D eigenvalue weighted by Crippen LogP contribution is 2.27. The fourth-order valence-electron chi connectivity index (χ4n) is 2.54. The number of nitrogens with one attached hydrogen (secondary N) is 1. The van der Waals surface area contributed by atoms with E-state index in [0.717, 1.165) is 24.1 Å². The first-order valence-corrected chi connectivity index (χ1v) is 7.34. The van der Waals surface area contributed by atoms with Crippen LogP contribution in [0.25, 0.3) is 0 Å². The molecular weight excluding hydrogens is 260 g/mol. The lowest BCUT2D eigenvalue weighted by Crippen LogP contribution is -2.16. The Kier molecular flexibility index (Phi) is 4.99. The number of primary amides is 1. The molecule has 3 nitrogen and oxygen atoms in total. The predicted octanol–water partition coefficient (Wildman–Crippen LogP) is 4.05. The fraction of sp³-hybridized carbons (Fsp3) is 0.278. The molecule has 110 valence electrons. The largest absolute Gasteiger partial charge is 0.378 e. The highest BCUT2D eigenvalue weighted by Gasteiger charge is 2.13. The Morgan fingerprint density at radius 2 is 1.86 bits per heavy atom. The third-order valence-electron chi connectivity index (χ3n) is 3.71. The number of rotatable bonds is 6. The molecule has 0 aliphatic carbocycles. The van der Waals surface area contributed by atoms with Gasteiger partial charge in [-0.25, -0.2) is 0 Å². The Morgan fingerprint density at radius 3 is 2.48 bits per heavy atom. The summed E-state index contributed by atoms with van der Waals surface area (Å²) in [5.41, 5.74) is 9.11. The van der Waals surface area contributed by atoms with Gasteiger partial charge in [-0.1, -0.05) is 49.7 Å². The van der Waals surface area contributed by atoms with Gasteiger partial charge < -0.3 is 11.1 Å². The number of hydrogen-bond acceptors (Lipinski definition) is 2. The summed E-state index contributed by atoms with van der Waals surface area (Å²) in [5.74, 6) is -0.386. The van der Waals surface area contributed by atoms with Gasteiger partial charge in [0.05, 0.1) is 6.04 Å². The van der Waals surface area contributed by atoms with Gasteiger partial charge in [0.25, 0.3) is 0 Å². The lowest BCUT2D eigenvalue weighted by Gasteiger charge is -2.22. The number of carbonyl (C=O) groups excluding carboxylic acids is 1. The van der Waals surface area contributed by atoms with Crippen LogP contribution in [0.2, 0.25) is 0 Å². The summed E-state index contributed by atoms with van der Waals surface area (Å²) in [6.45, 7) is 4.10. The molecule has 0 saturated heterocycles. The monoisotopic (exact) mass is 282 g/mol. The van der Waals surface area contributed by atoms with Crippen molar-refractivity contribution >= 4 is 11.6 Å². The highest BCUT2D eigenvalue weighted by atomic mass is 16.1. The zero-order valence-electron chi connectivity index (χ0n) is 12.6. The van der Waals surface area contributed by atoms with Crippen LogP contribution in [0.3, 0.4) is 0 Å². The molecule has 21 heavy (non-hydrogen) atoms. The Hall–Kier alpha value is -2.29. The van der Waals surface area contributed by atoms with Gasteiger partial charge in [-0.05, 0) is 36.6 Å². The van der Waals surface area contributed by atoms with Crippen LogP contribution in [0.5, 0.6) is 0 Å². The van der Waals surface area contributed by atoms with Crippen molar-refractivity contribution in [1.29, 1.82) is 0 Å². The van der Waals surface area contributed by atoms with Crippen LogP contribution in [-0.4, -0.2) is 5.91 Å². The van der Waals surface area contributed by atoms with Crippen molar-refractivity contribution in [3.8, 4) is 0 Å². The molecule has 0 saturated carbocycles. The molecule has 0 aliphatic heterocycles. The Morgan fingerprint density at radius 1 is 1.14 bits per heavy atom. The van der Waals surface area contributed by atoms with Gasteiger partial charge in [0.1, 0.15) is 0 Å². The maximum Gasteiger partial charge on any atom is 0.249 e. The van der Waals surface area contributed by atoms with E-state index in [9.17, 15) is 4.79 Å².